The van der Waals surface area contributed by atoms with Crippen molar-refractivity contribution >= 4 is 28.7 Å². The van der Waals surface area contributed by atoms with Crippen molar-refractivity contribution in [1.29, 1.82) is 0 Å². The van der Waals surface area contributed by atoms with E-state index in [1.54, 1.807) is 12.1 Å². The average Bonchev–Trinajstić information content (AvgIpc) is 2.26. The van der Waals surface area contributed by atoms with E-state index < -0.39 is 11.7 Å². The first-order chi connectivity index (χ1) is 8.81. The molecule has 0 radical (unpaired) electrons. The van der Waals surface area contributed by atoms with Crippen LogP contribution in [0.25, 0.3) is 0 Å². The Hall–Kier alpha value is -0.850. The van der Waals surface area contributed by atoms with Crippen molar-refractivity contribution in [2.75, 3.05) is 4.43 Å². The highest BCUT2D eigenvalue weighted by molar-refractivity contribution is 14.1. The van der Waals surface area contributed by atoms with E-state index in [0.29, 0.717) is 0 Å². The minimum Gasteiger partial charge on any atom is -0.444 e. The predicted molar refractivity (Wildman–Crippen MR) is 82.0 cm³/mol. The molecule has 1 N–H and O–H groups in total. The highest BCUT2D eigenvalue weighted by atomic mass is 127. The van der Waals surface area contributed by atoms with Gasteiger partial charge in [-0.3, -0.25) is 0 Å². The fraction of sp³-hybridized carbons (Fsp3) is 0.500. The molecule has 1 atom stereocenters. The van der Waals surface area contributed by atoms with Crippen LogP contribution in [0.5, 0.6) is 0 Å². The van der Waals surface area contributed by atoms with Crippen LogP contribution in [-0.2, 0) is 4.74 Å². The molecule has 0 saturated carbocycles. The van der Waals surface area contributed by atoms with Gasteiger partial charge in [0.2, 0.25) is 0 Å². The zero-order valence-corrected chi connectivity index (χ0v) is 13.5. The van der Waals surface area contributed by atoms with Gasteiger partial charge in [0.05, 0.1) is 6.04 Å². The summed E-state index contributed by atoms with van der Waals surface area (Å²) < 4.78 is 19.3. The third-order valence-corrected chi connectivity index (χ3v) is 2.96. The second-order valence-electron chi connectivity index (χ2n) is 5.23. The van der Waals surface area contributed by atoms with Crippen molar-refractivity contribution in [3.05, 3.63) is 35.6 Å². The topological polar surface area (TPSA) is 38.3 Å². The lowest BCUT2D eigenvalue weighted by Gasteiger charge is -2.23. The number of alkyl carbamates (subject to hydrolysis) is 1. The lowest BCUT2D eigenvalue weighted by molar-refractivity contribution is 0.0502. The van der Waals surface area contributed by atoms with Gasteiger partial charge in [0.15, 0.2) is 0 Å². The summed E-state index contributed by atoms with van der Waals surface area (Å²) in [5.41, 5.74) is 0.212. The van der Waals surface area contributed by atoms with Crippen molar-refractivity contribution in [2.45, 2.75) is 38.8 Å². The van der Waals surface area contributed by atoms with Crippen LogP contribution in [0.3, 0.4) is 0 Å². The molecule has 0 unspecified atom stereocenters. The van der Waals surface area contributed by atoms with Crippen molar-refractivity contribution < 1.29 is 13.9 Å². The standard InChI is InChI=1S/C14H19FINO2/c1-14(2,3)19-13(18)17-12(7-8-16)10-5-4-6-11(15)9-10/h4-6,9,12H,7-8H2,1-3H3,(H,17,18)/t12-/m0/s1. The number of carbonyl (C=O) groups is 1. The van der Waals surface area contributed by atoms with Crippen LogP contribution in [0.4, 0.5) is 9.18 Å². The van der Waals surface area contributed by atoms with Crippen molar-refractivity contribution in [1.82, 2.24) is 5.32 Å². The number of hydrogen-bond donors (Lipinski definition) is 1. The molecule has 5 heteroatoms. The first-order valence-corrected chi connectivity index (χ1v) is 7.65. The maximum absolute atomic E-state index is 13.2. The largest absolute Gasteiger partial charge is 0.444 e. The number of hydrogen-bond acceptors (Lipinski definition) is 2. The summed E-state index contributed by atoms with van der Waals surface area (Å²) in [7, 11) is 0. The Kier molecular flexibility index (Phi) is 6.03. The number of benzene rings is 1. The van der Waals surface area contributed by atoms with E-state index >= 15 is 0 Å². The quantitative estimate of drug-likeness (QED) is 0.629. The lowest BCUT2D eigenvalue weighted by atomic mass is 10.0. The maximum atomic E-state index is 13.2. The van der Waals surface area contributed by atoms with E-state index in [0.717, 1.165) is 16.4 Å². The van der Waals surface area contributed by atoms with E-state index in [1.165, 1.54) is 12.1 Å². The Morgan fingerprint density at radius 2 is 2.16 bits per heavy atom. The van der Waals surface area contributed by atoms with Crippen LogP contribution in [-0.4, -0.2) is 16.1 Å². The molecule has 0 heterocycles. The third kappa shape index (κ3) is 6.22. The van der Waals surface area contributed by atoms with Gasteiger partial charge < -0.3 is 10.1 Å². The lowest BCUT2D eigenvalue weighted by Crippen LogP contribution is -2.35. The minimum atomic E-state index is -0.541. The summed E-state index contributed by atoms with van der Waals surface area (Å²) in [4.78, 5) is 11.8. The van der Waals surface area contributed by atoms with Crippen LogP contribution in [0, 0.1) is 5.82 Å². The molecule has 0 aromatic heterocycles. The minimum absolute atomic E-state index is 0.234. The van der Waals surface area contributed by atoms with E-state index in [2.05, 4.69) is 27.9 Å². The Bertz CT molecular complexity index is 432. The van der Waals surface area contributed by atoms with E-state index in [-0.39, 0.29) is 11.9 Å². The van der Waals surface area contributed by atoms with Gasteiger partial charge in [0, 0.05) is 4.43 Å². The highest BCUT2D eigenvalue weighted by Crippen LogP contribution is 2.20. The maximum Gasteiger partial charge on any atom is 0.408 e. The van der Waals surface area contributed by atoms with Gasteiger partial charge in [-0.05, 0) is 44.9 Å². The van der Waals surface area contributed by atoms with Gasteiger partial charge in [0.1, 0.15) is 11.4 Å². The van der Waals surface area contributed by atoms with Crippen LogP contribution < -0.4 is 5.32 Å². The van der Waals surface area contributed by atoms with E-state index in [9.17, 15) is 9.18 Å². The second kappa shape index (κ2) is 7.07. The molecule has 106 valence electrons. The summed E-state index contributed by atoms with van der Waals surface area (Å²) in [5.74, 6) is -0.304. The fourth-order valence-electron chi connectivity index (χ4n) is 1.60. The molecule has 0 saturated heterocycles. The number of nitrogens with one attached hydrogen (secondary N) is 1. The predicted octanol–water partition coefficient (Wildman–Crippen LogP) is 4.22. The summed E-state index contributed by atoms with van der Waals surface area (Å²) in [5, 5.41) is 2.79. The first kappa shape index (κ1) is 16.2. The fourth-order valence-corrected chi connectivity index (χ4v) is 2.23. The molecular formula is C14H19FINO2. The zero-order chi connectivity index (χ0) is 14.5. The molecule has 0 aliphatic heterocycles. The van der Waals surface area contributed by atoms with E-state index in [1.807, 2.05) is 20.8 Å². The number of carbonyl (C=O) groups excluding carboxylic acids is 1. The monoisotopic (exact) mass is 379 g/mol. The van der Waals surface area contributed by atoms with Gasteiger partial charge in [-0.25, -0.2) is 9.18 Å². The van der Waals surface area contributed by atoms with Crippen LogP contribution in [0.15, 0.2) is 24.3 Å². The summed E-state index contributed by atoms with van der Waals surface area (Å²) in [6, 6.07) is 6.04. The molecule has 1 aromatic carbocycles. The third-order valence-electron chi connectivity index (χ3n) is 2.34. The Morgan fingerprint density at radius 1 is 1.47 bits per heavy atom. The van der Waals surface area contributed by atoms with Crippen molar-refractivity contribution in [3.8, 4) is 0 Å². The second-order valence-corrected chi connectivity index (χ2v) is 6.31. The molecule has 1 rings (SSSR count). The molecule has 0 bridgehead atoms. The van der Waals surface area contributed by atoms with Crippen LogP contribution in [0.1, 0.15) is 38.8 Å². The van der Waals surface area contributed by atoms with Gasteiger partial charge >= 0.3 is 6.09 Å². The zero-order valence-electron chi connectivity index (χ0n) is 11.4. The molecule has 0 aliphatic rings. The normalized spacial score (nSPS) is 12.9. The number of ether oxygens (including phenoxy) is 1. The van der Waals surface area contributed by atoms with Crippen LogP contribution in [0.2, 0.25) is 0 Å². The molecule has 19 heavy (non-hydrogen) atoms. The van der Waals surface area contributed by atoms with Gasteiger partial charge in [-0.2, -0.15) is 0 Å². The number of rotatable bonds is 4. The van der Waals surface area contributed by atoms with Gasteiger partial charge in [-0.1, -0.05) is 34.7 Å². The van der Waals surface area contributed by atoms with Gasteiger partial charge in [0.25, 0.3) is 0 Å². The molecule has 0 fully saturated rings. The Labute approximate surface area is 127 Å². The summed E-state index contributed by atoms with van der Waals surface area (Å²) >= 11 is 2.23. The average molecular weight is 379 g/mol. The molecular weight excluding hydrogens is 360 g/mol. The van der Waals surface area contributed by atoms with E-state index in [4.69, 9.17) is 4.74 Å². The summed E-state index contributed by atoms with van der Waals surface area (Å²) in [6.07, 6.45) is 0.245. The van der Waals surface area contributed by atoms with Gasteiger partial charge in [-0.15, -0.1) is 0 Å². The SMILES string of the molecule is CC(C)(C)OC(=O)N[C@@H](CCI)c1cccc(F)c1. The Morgan fingerprint density at radius 3 is 2.68 bits per heavy atom. The molecule has 0 aliphatic carbocycles. The summed E-state index contributed by atoms with van der Waals surface area (Å²) in [6.45, 7) is 5.42. The molecule has 1 aromatic rings. The first-order valence-electron chi connectivity index (χ1n) is 6.13. The molecule has 0 spiro atoms. The molecule has 3 nitrogen and oxygen atoms in total. The number of alkyl halides is 1. The smallest absolute Gasteiger partial charge is 0.408 e. The molecule has 1 amide bonds. The number of amides is 1. The van der Waals surface area contributed by atoms with Crippen LogP contribution >= 0.6 is 22.6 Å². The highest BCUT2D eigenvalue weighted by Gasteiger charge is 2.20. The number of halogens is 2. The van der Waals surface area contributed by atoms with Crippen molar-refractivity contribution in [2.24, 2.45) is 0 Å². The Balaban J connectivity index is 2.76. The van der Waals surface area contributed by atoms with Crippen molar-refractivity contribution in [3.63, 3.8) is 0 Å².